The summed E-state index contributed by atoms with van der Waals surface area (Å²) in [5.74, 6) is 0.104. The molecular formula is C22H20ClN3O3S. The Labute approximate surface area is 183 Å². The van der Waals surface area contributed by atoms with Gasteiger partial charge >= 0.3 is 0 Å². The summed E-state index contributed by atoms with van der Waals surface area (Å²) in [6.45, 7) is 3.91. The number of anilines is 1. The van der Waals surface area contributed by atoms with Crippen LogP contribution in [0.15, 0.2) is 48.5 Å². The van der Waals surface area contributed by atoms with E-state index in [9.17, 15) is 9.59 Å². The van der Waals surface area contributed by atoms with Crippen molar-refractivity contribution in [1.82, 2.24) is 10.3 Å². The third-order valence-electron chi connectivity index (χ3n) is 4.77. The lowest BCUT2D eigenvalue weighted by molar-refractivity contribution is -0.128. The van der Waals surface area contributed by atoms with Crippen molar-refractivity contribution in [3.8, 4) is 17.0 Å². The van der Waals surface area contributed by atoms with E-state index in [1.165, 1.54) is 16.2 Å². The maximum absolute atomic E-state index is 12.6. The molecule has 2 aromatic carbocycles. The van der Waals surface area contributed by atoms with Gasteiger partial charge in [0.05, 0.1) is 17.9 Å². The molecule has 30 heavy (non-hydrogen) atoms. The Morgan fingerprint density at radius 3 is 2.73 bits per heavy atom. The second-order valence-corrected chi connectivity index (χ2v) is 8.67. The van der Waals surface area contributed by atoms with E-state index in [-0.39, 0.29) is 18.4 Å². The van der Waals surface area contributed by atoms with E-state index in [0.29, 0.717) is 23.0 Å². The van der Waals surface area contributed by atoms with E-state index in [1.807, 2.05) is 43.3 Å². The van der Waals surface area contributed by atoms with Crippen molar-refractivity contribution in [2.24, 2.45) is 0 Å². The van der Waals surface area contributed by atoms with Gasteiger partial charge in [-0.3, -0.25) is 14.5 Å². The Balaban J connectivity index is 1.43. The monoisotopic (exact) mass is 441 g/mol. The zero-order valence-electron chi connectivity index (χ0n) is 16.5. The molecule has 0 spiro atoms. The number of benzene rings is 2. The molecule has 0 radical (unpaired) electrons. The van der Waals surface area contributed by atoms with E-state index < -0.39 is 6.10 Å². The molecule has 2 heterocycles. The molecule has 1 aliphatic heterocycles. The molecule has 1 N–H and O–H groups in total. The number of amides is 2. The lowest BCUT2D eigenvalue weighted by atomic mass is 10.1. The molecule has 0 saturated heterocycles. The SMILES string of the molecule is Cc1sc(CNC(=O)CN2C(=O)[C@@H](C)Oc3ccccc32)nc1-c1ccc(Cl)cc1. The zero-order valence-corrected chi connectivity index (χ0v) is 18.1. The molecule has 6 nitrogen and oxygen atoms in total. The third kappa shape index (κ3) is 4.17. The molecule has 154 valence electrons. The molecular weight excluding hydrogens is 422 g/mol. The minimum Gasteiger partial charge on any atom is -0.479 e. The smallest absolute Gasteiger partial charge is 0.268 e. The van der Waals surface area contributed by atoms with Crippen LogP contribution in [-0.4, -0.2) is 29.4 Å². The number of thiazole rings is 1. The van der Waals surface area contributed by atoms with E-state index in [0.717, 1.165) is 21.1 Å². The minimum atomic E-state index is -0.628. The number of carbonyl (C=O) groups excluding carboxylic acids is 2. The Morgan fingerprint density at radius 2 is 1.97 bits per heavy atom. The normalized spacial score (nSPS) is 15.5. The van der Waals surface area contributed by atoms with Crippen molar-refractivity contribution < 1.29 is 14.3 Å². The number of rotatable bonds is 5. The molecule has 4 rings (SSSR count). The number of carbonyl (C=O) groups is 2. The maximum atomic E-state index is 12.6. The molecule has 3 aromatic rings. The lowest BCUT2D eigenvalue weighted by Crippen LogP contribution is -2.48. The van der Waals surface area contributed by atoms with Gasteiger partial charge in [-0.05, 0) is 38.1 Å². The molecule has 0 saturated carbocycles. The van der Waals surface area contributed by atoms with Crippen molar-refractivity contribution in [2.75, 3.05) is 11.4 Å². The maximum Gasteiger partial charge on any atom is 0.268 e. The highest BCUT2D eigenvalue weighted by Crippen LogP contribution is 2.33. The average molecular weight is 442 g/mol. The summed E-state index contributed by atoms with van der Waals surface area (Å²) in [5.41, 5.74) is 2.47. The van der Waals surface area contributed by atoms with Gasteiger partial charge in [-0.15, -0.1) is 11.3 Å². The molecule has 0 fully saturated rings. The Bertz CT molecular complexity index is 1100. The summed E-state index contributed by atoms with van der Waals surface area (Å²) >= 11 is 7.49. The van der Waals surface area contributed by atoms with Crippen molar-refractivity contribution in [3.63, 3.8) is 0 Å². The van der Waals surface area contributed by atoms with Crippen molar-refractivity contribution in [3.05, 3.63) is 63.4 Å². The third-order valence-corrected chi connectivity index (χ3v) is 5.99. The van der Waals surface area contributed by atoms with Crippen molar-refractivity contribution >= 4 is 40.4 Å². The quantitative estimate of drug-likeness (QED) is 0.644. The number of hydrogen-bond donors (Lipinski definition) is 1. The number of aromatic nitrogens is 1. The highest BCUT2D eigenvalue weighted by molar-refractivity contribution is 7.12. The van der Waals surface area contributed by atoms with Gasteiger partial charge in [0, 0.05) is 15.5 Å². The highest BCUT2D eigenvalue weighted by Gasteiger charge is 2.32. The number of para-hydroxylation sites is 2. The zero-order chi connectivity index (χ0) is 21.3. The van der Waals surface area contributed by atoms with Crippen LogP contribution in [0.3, 0.4) is 0 Å². The van der Waals surface area contributed by atoms with Gasteiger partial charge in [-0.1, -0.05) is 35.9 Å². The van der Waals surface area contributed by atoms with Crippen LogP contribution in [0.5, 0.6) is 5.75 Å². The molecule has 0 aliphatic carbocycles. The van der Waals surface area contributed by atoms with Gasteiger partial charge in [0.2, 0.25) is 5.91 Å². The number of fused-ring (bicyclic) bond motifs is 1. The number of aryl methyl sites for hydroxylation is 1. The number of hydrogen-bond acceptors (Lipinski definition) is 5. The first-order valence-electron chi connectivity index (χ1n) is 9.48. The fourth-order valence-corrected chi connectivity index (χ4v) is 4.32. The van der Waals surface area contributed by atoms with Crippen LogP contribution in [0.25, 0.3) is 11.3 Å². The Kier molecular flexibility index (Phi) is 5.74. The van der Waals surface area contributed by atoms with Gasteiger partial charge in [-0.25, -0.2) is 4.98 Å². The standard InChI is InChI=1S/C22H20ClN3O3S/c1-13-22(28)26(17-5-3-4-6-18(17)29-13)12-19(27)24-11-20-25-21(14(2)30-20)15-7-9-16(23)10-8-15/h3-10,13H,11-12H2,1-2H3,(H,24,27)/t13-/m1/s1. The molecule has 1 aliphatic rings. The van der Waals surface area contributed by atoms with Gasteiger partial charge in [-0.2, -0.15) is 0 Å². The summed E-state index contributed by atoms with van der Waals surface area (Å²) in [7, 11) is 0. The van der Waals surface area contributed by atoms with E-state index in [2.05, 4.69) is 10.3 Å². The number of ether oxygens (including phenoxy) is 1. The van der Waals surface area contributed by atoms with Crippen LogP contribution < -0.4 is 15.0 Å². The number of halogens is 1. The molecule has 2 amide bonds. The first-order chi connectivity index (χ1) is 14.4. The number of nitrogens with zero attached hydrogens (tertiary/aromatic N) is 2. The van der Waals surface area contributed by atoms with Crippen LogP contribution >= 0.6 is 22.9 Å². The molecule has 1 aromatic heterocycles. The molecule has 1 atom stereocenters. The minimum absolute atomic E-state index is 0.0715. The number of nitrogens with one attached hydrogen (secondary N) is 1. The van der Waals surface area contributed by atoms with Gasteiger partial charge in [0.15, 0.2) is 6.10 Å². The fourth-order valence-electron chi connectivity index (χ4n) is 3.30. The topological polar surface area (TPSA) is 71.5 Å². The summed E-state index contributed by atoms with van der Waals surface area (Å²) in [5, 5.41) is 4.34. The summed E-state index contributed by atoms with van der Waals surface area (Å²) in [4.78, 5) is 32.3. The van der Waals surface area contributed by atoms with E-state index in [4.69, 9.17) is 16.3 Å². The van der Waals surface area contributed by atoms with Crippen LogP contribution in [-0.2, 0) is 16.1 Å². The highest BCUT2D eigenvalue weighted by atomic mass is 35.5. The second-order valence-electron chi connectivity index (χ2n) is 6.95. The predicted octanol–water partition coefficient (Wildman–Crippen LogP) is 4.20. The van der Waals surface area contributed by atoms with Crippen molar-refractivity contribution in [2.45, 2.75) is 26.5 Å². The lowest BCUT2D eigenvalue weighted by Gasteiger charge is -2.32. The van der Waals surface area contributed by atoms with Gasteiger partial charge in [0.25, 0.3) is 5.91 Å². The van der Waals surface area contributed by atoms with Crippen molar-refractivity contribution in [1.29, 1.82) is 0 Å². The first-order valence-corrected chi connectivity index (χ1v) is 10.7. The summed E-state index contributed by atoms with van der Waals surface area (Å²) in [6.07, 6.45) is -0.628. The summed E-state index contributed by atoms with van der Waals surface area (Å²) < 4.78 is 5.61. The molecule has 0 unspecified atom stereocenters. The Morgan fingerprint density at radius 1 is 1.23 bits per heavy atom. The molecule has 0 bridgehead atoms. The van der Waals surface area contributed by atoms with Crippen LogP contribution in [0.4, 0.5) is 5.69 Å². The summed E-state index contributed by atoms with van der Waals surface area (Å²) in [6, 6.07) is 14.7. The first kappa shape index (κ1) is 20.4. The predicted molar refractivity (Wildman–Crippen MR) is 118 cm³/mol. The fraction of sp³-hybridized carbons (Fsp3) is 0.227. The largest absolute Gasteiger partial charge is 0.479 e. The van der Waals surface area contributed by atoms with E-state index in [1.54, 1.807) is 19.1 Å². The molecule has 8 heteroatoms. The average Bonchev–Trinajstić information content (AvgIpc) is 3.11. The van der Waals surface area contributed by atoms with E-state index >= 15 is 0 Å². The Hall–Kier alpha value is -2.90. The van der Waals surface area contributed by atoms with Gasteiger partial charge in [0.1, 0.15) is 17.3 Å². The second kappa shape index (κ2) is 8.45. The van der Waals surface area contributed by atoms with Crippen LogP contribution in [0.2, 0.25) is 5.02 Å². The van der Waals surface area contributed by atoms with Gasteiger partial charge < -0.3 is 10.1 Å². The van der Waals surface area contributed by atoms with Crippen LogP contribution in [0, 0.1) is 6.92 Å². The van der Waals surface area contributed by atoms with Crippen LogP contribution in [0.1, 0.15) is 16.8 Å².